The summed E-state index contributed by atoms with van der Waals surface area (Å²) in [5.74, 6) is 1.38. The van der Waals surface area contributed by atoms with Gasteiger partial charge in [-0.2, -0.15) is 11.8 Å². The number of urea groups is 1. The van der Waals surface area contributed by atoms with Gasteiger partial charge in [-0.1, -0.05) is 32.0 Å². The number of likely N-dealkylation sites (tertiary alicyclic amines) is 1. The van der Waals surface area contributed by atoms with Crippen LogP contribution >= 0.6 is 11.8 Å². The molecule has 1 fully saturated rings. The molecule has 34 heavy (non-hydrogen) atoms. The molecule has 2 bridgehead atoms. The third kappa shape index (κ3) is 5.49. The summed E-state index contributed by atoms with van der Waals surface area (Å²) in [6.45, 7) is 6.05. The van der Waals surface area contributed by atoms with E-state index in [9.17, 15) is 14.4 Å². The molecule has 2 aliphatic heterocycles. The van der Waals surface area contributed by atoms with E-state index >= 15 is 0 Å². The number of fused-ring (bicyclic) bond motifs is 4. The predicted molar refractivity (Wildman–Crippen MR) is 138 cm³/mol. The second-order valence-electron chi connectivity index (χ2n) is 9.65. The Bertz CT molecular complexity index is 1080. The van der Waals surface area contributed by atoms with Crippen LogP contribution in [0.4, 0.5) is 10.5 Å². The van der Waals surface area contributed by atoms with E-state index in [0.29, 0.717) is 32.0 Å². The van der Waals surface area contributed by atoms with Crippen molar-refractivity contribution in [3.8, 4) is 0 Å². The molecule has 8 heteroatoms. The van der Waals surface area contributed by atoms with Gasteiger partial charge >= 0.3 is 6.03 Å². The number of nitrogens with one attached hydrogen (secondary N) is 2. The number of thioether (sulfide) groups is 1. The van der Waals surface area contributed by atoms with Gasteiger partial charge in [0.05, 0.1) is 0 Å². The Morgan fingerprint density at radius 1 is 1.09 bits per heavy atom. The molecular weight excluding hydrogens is 448 g/mol. The Morgan fingerprint density at radius 2 is 1.85 bits per heavy atom. The normalized spacial score (nSPS) is 19.9. The van der Waals surface area contributed by atoms with Gasteiger partial charge in [0.25, 0.3) is 5.56 Å². The number of anilines is 1. The van der Waals surface area contributed by atoms with Crippen molar-refractivity contribution in [3.63, 3.8) is 0 Å². The van der Waals surface area contributed by atoms with E-state index in [0.717, 1.165) is 23.6 Å². The van der Waals surface area contributed by atoms with Crippen LogP contribution in [0.2, 0.25) is 0 Å². The van der Waals surface area contributed by atoms with Gasteiger partial charge in [0.1, 0.15) is 6.04 Å². The molecule has 0 aliphatic carbocycles. The molecule has 2 aliphatic rings. The molecule has 1 aromatic carbocycles. The number of hydrogen-bond acceptors (Lipinski definition) is 4. The maximum atomic E-state index is 13.2. The number of piperidine rings is 1. The molecule has 2 unspecified atom stereocenters. The van der Waals surface area contributed by atoms with Crippen molar-refractivity contribution in [1.29, 1.82) is 0 Å². The lowest BCUT2D eigenvalue weighted by atomic mass is 9.83. The molecule has 1 saturated heterocycles. The Balaban J connectivity index is 1.42. The molecule has 0 saturated carbocycles. The van der Waals surface area contributed by atoms with E-state index in [4.69, 9.17) is 0 Å². The molecule has 1 aromatic heterocycles. The van der Waals surface area contributed by atoms with E-state index < -0.39 is 6.04 Å². The number of aromatic nitrogens is 1. The number of amides is 3. The van der Waals surface area contributed by atoms with Gasteiger partial charge in [-0.3, -0.25) is 9.59 Å². The van der Waals surface area contributed by atoms with Crippen LogP contribution in [0.5, 0.6) is 0 Å². The van der Waals surface area contributed by atoms with Crippen molar-refractivity contribution in [1.82, 2.24) is 14.8 Å². The fraction of sp³-hybridized carbons (Fsp3) is 0.500. The Morgan fingerprint density at radius 3 is 2.56 bits per heavy atom. The van der Waals surface area contributed by atoms with Crippen LogP contribution in [-0.2, 0) is 11.3 Å². The van der Waals surface area contributed by atoms with Crippen molar-refractivity contribution in [2.24, 2.45) is 5.92 Å². The number of nitrogens with zero attached hydrogens (tertiary/aromatic N) is 2. The fourth-order valence-electron chi connectivity index (χ4n) is 4.99. The molecule has 0 spiro atoms. The first-order valence-electron chi connectivity index (χ1n) is 12.0. The molecule has 3 atom stereocenters. The Kier molecular flexibility index (Phi) is 7.66. The number of hydrogen-bond donors (Lipinski definition) is 2. The lowest BCUT2D eigenvalue weighted by Crippen LogP contribution is -2.55. The highest BCUT2D eigenvalue weighted by Crippen LogP contribution is 2.35. The van der Waals surface area contributed by atoms with E-state index in [1.165, 1.54) is 5.56 Å². The van der Waals surface area contributed by atoms with Crippen LogP contribution in [0.25, 0.3) is 0 Å². The smallest absolute Gasteiger partial charge is 0.318 e. The van der Waals surface area contributed by atoms with Gasteiger partial charge in [-0.05, 0) is 60.4 Å². The van der Waals surface area contributed by atoms with Crippen LogP contribution in [0.1, 0.15) is 49.8 Å². The van der Waals surface area contributed by atoms with Crippen LogP contribution in [0, 0.1) is 5.92 Å². The van der Waals surface area contributed by atoms with Crippen molar-refractivity contribution < 1.29 is 9.59 Å². The molecule has 2 N–H and O–H groups in total. The highest BCUT2D eigenvalue weighted by molar-refractivity contribution is 7.98. The van der Waals surface area contributed by atoms with Crippen molar-refractivity contribution in [2.45, 2.75) is 51.1 Å². The van der Waals surface area contributed by atoms with E-state index in [1.54, 1.807) is 23.9 Å². The largest absolute Gasteiger partial charge is 0.326 e. The van der Waals surface area contributed by atoms with Gasteiger partial charge in [-0.25, -0.2) is 4.79 Å². The quantitative estimate of drug-likeness (QED) is 0.628. The summed E-state index contributed by atoms with van der Waals surface area (Å²) < 4.78 is 1.85. The second-order valence-corrected chi connectivity index (χ2v) is 10.6. The minimum absolute atomic E-state index is 0.0281. The maximum absolute atomic E-state index is 13.2. The van der Waals surface area contributed by atoms with E-state index in [2.05, 4.69) is 24.5 Å². The summed E-state index contributed by atoms with van der Waals surface area (Å²) in [4.78, 5) is 40.4. The van der Waals surface area contributed by atoms with Crippen molar-refractivity contribution in [2.75, 3.05) is 30.4 Å². The lowest BCUT2D eigenvalue weighted by molar-refractivity contribution is -0.118. The third-order valence-corrected chi connectivity index (χ3v) is 7.48. The second kappa shape index (κ2) is 10.7. The highest BCUT2D eigenvalue weighted by atomic mass is 32.2. The topological polar surface area (TPSA) is 83.4 Å². The first-order valence-corrected chi connectivity index (χ1v) is 13.4. The number of benzene rings is 1. The molecule has 2 aromatic rings. The van der Waals surface area contributed by atoms with Gasteiger partial charge in [0, 0.05) is 43.0 Å². The zero-order chi connectivity index (χ0) is 24.2. The molecular formula is C26H34N4O3S. The van der Waals surface area contributed by atoms with Crippen LogP contribution in [-0.4, -0.2) is 52.5 Å². The molecule has 4 rings (SSSR count). The van der Waals surface area contributed by atoms with E-state index in [-0.39, 0.29) is 29.3 Å². The minimum atomic E-state index is -0.610. The Hall–Kier alpha value is -2.74. The zero-order valence-electron chi connectivity index (χ0n) is 20.1. The molecule has 7 nitrogen and oxygen atoms in total. The molecule has 3 heterocycles. The van der Waals surface area contributed by atoms with Crippen molar-refractivity contribution in [3.05, 3.63) is 64.1 Å². The summed E-state index contributed by atoms with van der Waals surface area (Å²) in [5.41, 5.74) is 2.97. The summed E-state index contributed by atoms with van der Waals surface area (Å²) in [6.07, 6.45) is 3.53. The first-order chi connectivity index (χ1) is 16.4. The average molecular weight is 483 g/mol. The van der Waals surface area contributed by atoms with Crippen LogP contribution in [0.3, 0.4) is 0 Å². The Labute approximate surface area is 205 Å². The van der Waals surface area contributed by atoms with Gasteiger partial charge in [0.15, 0.2) is 0 Å². The summed E-state index contributed by atoms with van der Waals surface area (Å²) >= 11 is 1.65. The SMILES string of the molecule is CSCC[C@H](NC(=O)N1CC2CC(C1)c1cccc(=O)n1C2)C(=O)Nc1ccc(C(C)C)cc1. The fourth-order valence-corrected chi connectivity index (χ4v) is 5.46. The van der Waals surface area contributed by atoms with E-state index in [1.807, 2.05) is 46.1 Å². The van der Waals surface area contributed by atoms with Crippen LogP contribution < -0.4 is 16.2 Å². The number of pyridine rings is 1. The van der Waals surface area contributed by atoms with Gasteiger partial charge in [-0.15, -0.1) is 0 Å². The summed E-state index contributed by atoms with van der Waals surface area (Å²) in [5, 5.41) is 5.95. The van der Waals surface area contributed by atoms with Crippen LogP contribution in [0.15, 0.2) is 47.3 Å². The average Bonchev–Trinajstić information content (AvgIpc) is 2.82. The predicted octanol–water partition coefficient (Wildman–Crippen LogP) is 3.86. The molecule has 182 valence electrons. The standard InChI is InChI=1S/C26H34N4O3S/c1-17(2)19-7-9-21(10-8-19)27-25(32)22(11-12-34-3)28-26(33)29-14-18-13-20(16-29)23-5-4-6-24(31)30(23)15-18/h4-10,17-18,20,22H,11-16H2,1-3H3,(H,27,32)(H,28,33)/t18?,20?,22-/m0/s1. The lowest BCUT2D eigenvalue weighted by Gasteiger charge is -2.43. The first kappa shape index (κ1) is 24.4. The molecule has 3 amide bonds. The van der Waals surface area contributed by atoms with Gasteiger partial charge in [0.2, 0.25) is 5.91 Å². The summed E-state index contributed by atoms with van der Waals surface area (Å²) in [7, 11) is 0. The highest BCUT2D eigenvalue weighted by Gasteiger charge is 2.37. The monoisotopic (exact) mass is 482 g/mol. The third-order valence-electron chi connectivity index (χ3n) is 6.84. The maximum Gasteiger partial charge on any atom is 0.318 e. The number of carbonyl (C=O) groups excluding carboxylic acids is 2. The molecule has 0 radical (unpaired) electrons. The summed E-state index contributed by atoms with van der Waals surface area (Å²) in [6, 6.07) is 12.4. The zero-order valence-corrected chi connectivity index (χ0v) is 20.9. The number of rotatable bonds is 7. The minimum Gasteiger partial charge on any atom is -0.326 e. The number of carbonyl (C=O) groups is 2. The van der Waals surface area contributed by atoms with Gasteiger partial charge < -0.3 is 20.1 Å². The van der Waals surface area contributed by atoms with Crippen molar-refractivity contribution >= 4 is 29.4 Å².